The number of nitrogens with zero attached hydrogens (tertiary/aromatic N) is 2. The second-order valence-corrected chi connectivity index (χ2v) is 5.02. The summed E-state index contributed by atoms with van der Waals surface area (Å²) in [4.78, 5) is 3.83. The van der Waals surface area contributed by atoms with Crippen molar-refractivity contribution in [2.24, 2.45) is 0 Å². The molecule has 96 valence electrons. The molecular weight excluding hydrogens is 256 g/mol. The zero-order chi connectivity index (χ0) is 13.1. The van der Waals surface area contributed by atoms with E-state index in [0.717, 1.165) is 0 Å². The van der Waals surface area contributed by atoms with Crippen LogP contribution in [0.5, 0.6) is 5.75 Å². The van der Waals surface area contributed by atoms with E-state index in [2.05, 4.69) is 4.98 Å². The van der Waals surface area contributed by atoms with Gasteiger partial charge < -0.3 is 20.1 Å². The summed E-state index contributed by atoms with van der Waals surface area (Å²) in [6, 6.07) is 3.43. The van der Waals surface area contributed by atoms with Crippen molar-refractivity contribution in [2.45, 2.75) is 23.7 Å². The number of aliphatic hydroxyl groups is 3. The van der Waals surface area contributed by atoms with E-state index >= 15 is 0 Å². The van der Waals surface area contributed by atoms with Gasteiger partial charge in [0, 0.05) is 18.0 Å². The Bertz CT molecular complexity index is 465. The number of ether oxygens (including phenoxy) is 1. The highest BCUT2D eigenvalue weighted by Gasteiger charge is 2.38. The Kier molecular flexibility index (Phi) is 4.04. The van der Waals surface area contributed by atoms with Crippen LogP contribution < -0.4 is 4.74 Å². The molecule has 1 aromatic heterocycles. The quantitative estimate of drug-likeness (QED) is 0.663. The van der Waals surface area contributed by atoms with Crippen LogP contribution in [-0.4, -0.2) is 49.8 Å². The van der Waals surface area contributed by atoms with Crippen molar-refractivity contribution in [1.29, 1.82) is 5.26 Å². The van der Waals surface area contributed by atoms with Crippen molar-refractivity contribution >= 4 is 11.8 Å². The van der Waals surface area contributed by atoms with Gasteiger partial charge in [-0.1, -0.05) is 0 Å². The largest absolute Gasteiger partial charge is 0.475 e. The first kappa shape index (κ1) is 13.1. The third kappa shape index (κ3) is 2.73. The van der Waals surface area contributed by atoms with Gasteiger partial charge in [-0.2, -0.15) is 5.26 Å². The van der Waals surface area contributed by atoms with Crippen LogP contribution >= 0.6 is 11.8 Å². The molecule has 6 nitrogen and oxygen atoms in total. The second kappa shape index (κ2) is 5.54. The Balaban J connectivity index is 2.07. The number of aromatic nitrogens is 1. The molecule has 4 atom stereocenters. The van der Waals surface area contributed by atoms with E-state index in [4.69, 9.17) is 10.00 Å². The number of aliphatic hydroxyl groups excluding tert-OH is 3. The topological polar surface area (TPSA) is 107 Å². The van der Waals surface area contributed by atoms with Crippen LogP contribution in [-0.2, 0) is 0 Å². The molecule has 0 aromatic carbocycles. The van der Waals surface area contributed by atoms with E-state index in [1.807, 2.05) is 6.07 Å². The van der Waals surface area contributed by atoms with E-state index in [-0.39, 0.29) is 5.75 Å². The Labute approximate surface area is 108 Å². The van der Waals surface area contributed by atoms with Gasteiger partial charge >= 0.3 is 0 Å². The zero-order valence-electron chi connectivity index (χ0n) is 9.30. The first-order valence-electron chi connectivity index (χ1n) is 5.29. The predicted molar refractivity (Wildman–Crippen MR) is 63.8 cm³/mol. The first-order chi connectivity index (χ1) is 8.61. The molecule has 7 heteroatoms. The highest BCUT2D eigenvalue weighted by atomic mass is 32.2. The van der Waals surface area contributed by atoms with Crippen molar-refractivity contribution in [3.05, 3.63) is 24.0 Å². The Morgan fingerprint density at radius 2 is 2.11 bits per heavy atom. The monoisotopic (exact) mass is 268 g/mol. The van der Waals surface area contributed by atoms with Gasteiger partial charge in [0.1, 0.15) is 24.0 Å². The Morgan fingerprint density at radius 1 is 1.33 bits per heavy atom. The van der Waals surface area contributed by atoms with Crippen LogP contribution in [0.25, 0.3) is 0 Å². The van der Waals surface area contributed by atoms with Crippen molar-refractivity contribution in [3.8, 4) is 11.8 Å². The predicted octanol–water partition coefficient (Wildman–Crippen LogP) is -0.512. The molecule has 1 aromatic rings. The van der Waals surface area contributed by atoms with E-state index < -0.39 is 23.7 Å². The summed E-state index contributed by atoms with van der Waals surface area (Å²) in [7, 11) is 0. The maximum Gasteiger partial charge on any atom is 0.173 e. The number of rotatable bonds is 2. The molecule has 0 amide bonds. The summed E-state index contributed by atoms with van der Waals surface area (Å²) in [5.41, 5.74) is -0.345. The lowest BCUT2D eigenvalue weighted by atomic mass is 10.1. The van der Waals surface area contributed by atoms with E-state index in [1.54, 1.807) is 0 Å². The summed E-state index contributed by atoms with van der Waals surface area (Å²) in [6.07, 6.45) is -0.567. The number of nitriles is 1. The first-order valence-corrected chi connectivity index (χ1v) is 6.34. The van der Waals surface area contributed by atoms with Gasteiger partial charge in [0.05, 0.1) is 17.9 Å². The summed E-state index contributed by atoms with van der Waals surface area (Å²) in [6.45, 7) is 0. The summed E-state index contributed by atoms with van der Waals surface area (Å²) in [5.74, 6) is 0.614. The molecule has 0 saturated carbocycles. The van der Waals surface area contributed by atoms with E-state index in [9.17, 15) is 15.3 Å². The fraction of sp³-hybridized carbons (Fsp3) is 0.455. The minimum absolute atomic E-state index is 0.272. The Morgan fingerprint density at radius 3 is 2.83 bits per heavy atom. The average Bonchev–Trinajstić information content (AvgIpc) is 2.40. The molecule has 0 radical (unpaired) electrons. The minimum atomic E-state index is -1.23. The van der Waals surface area contributed by atoms with Crippen LogP contribution in [0.1, 0.15) is 5.56 Å². The number of thioether (sulfide) groups is 1. The lowest BCUT2D eigenvalue weighted by Crippen LogP contribution is -2.50. The summed E-state index contributed by atoms with van der Waals surface area (Å²) < 4.78 is 5.46. The number of hydrogen-bond donors (Lipinski definition) is 3. The van der Waals surface area contributed by atoms with Crippen molar-refractivity contribution in [2.75, 3.05) is 5.75 Å². The molecular formula is C11H12N2O4S. The van der Waals surface area contributed by atoms with Crippen molar-refractivity contribution < 1.29 is 20.1 Å². The molecule has 1 saturated heterocycles. The highest BCUT2D eigenvalue weighted by molar-refractivity contribution is 7.99. The van der Waals surface area contributed by atoms with E-state index in [0.29, 0.717) is 11.3 Å². The summed E-state index contributed by atoms with van der Waals surface area (Å²) >= 11 is 1.20. The molecule has 2 heterocycles. The standard InChI is InChI=1S/C11H12N2O4S/c12-2-6-1-7(4-13-3-6)17-11-10(16)9(15)8(14)5-18-11/h1,3-4,8-11,14-16H,5H2/t8-,9+,10-,11+/m1/s1. The molecule has 0 bridgehead atoms. The molecule has 1 fully saturated rings. The molecule has 0 unspecified atom stereocenters. The third-order valence-electron chi connectivity index (χ3n) is 2.55. The van der Waals surface area contributed by atoms with E-state index in [1.165, 1.54) is 30.2 Å². The van der Waals surface area contributed by atoms with Crippen LogP contribution in [0.2, 0.25) is 0 Å². The highest BCUT2D eigenvalue weighted by Crippen LogP contribution is 2.29. The van der Waals surface area contributed by atoms with Crippen LogP contribution in [0, 0.1) is 11.3 Å². The molecule has 3 N–H and O–H groups in total. The second-order valence-electron chi connectivity index (χ2n) is 3.89. The van der Waals surface area contributed by atoms with Gasteiger partial charge in [-0.15, -0.1) is 11.8 Å². The van der Waals surface area contributed by atoms with Crippen LogP contribution in [0.4, 0.5) is 0 Å². The zero-order valence-corrected chi connectivity index (χ0v) is 10.1. The average molecular weight is 268 g/mol. The smallest absolute Gasteiger partial charge is 0.173 e. The van der Waals surface area contributed by atoms with Gasteiger partial charge in [-0.3, -0.25) is 4.98 Å². The lowest BCUT2D eigenvalue weighted by molar-refractivity contribution is -0.0786. The minimum Gasteiger partial charge on any atom is -0.475 e. The summed E-state index contributed by atoms with van der Waals surface area (Å²) in [5, 5.41) is 37.4. The van der Waals surface area contributed by atoms with Gasteiger partial charge in [0.15, 0.2) is 5.44 Å². The number of hydrogen-bond acceptors (Lipinski definition) is 7. The van der Waals surface area contributed by atoms with Crippen LogP contribution in [0.3, 0.4) is 0 Å². The van der Waals surface area contributed by atoms with Gasteiger partial charge in [-0.25, -0.2) is 0 Å². The fourth-order valence-electron chi connectivity index (χ4n) is 1.56. The van der Waals surface area contributed by atoms with Crippen LogP contribution in [0.15, 0.2) is 18.5 Å². The molecule has 1 aliphatic heterocycles. The van der Waals surface area contributed by atoms with Gasteiger partial charge in [0.25, 0.3) is 0 Å². The normalized spacial score (nSPS) is 31.7. The lowest BCUT2D eigenvalue weighted by Gasteiger charge is -2.34. The molecule has 0 aliphatic carbocycles. The maximum atomic E-state index is 9.75. The fourth-order valence-corrected chi connectivity index (χ4v) is 2.68. The molecule has 1 aliphatic rings. The van der Waals surface area contributed by atoms with Crippen molar-refractivity contribution in [1.82, 2.24) is 4.98 Å². The molecule has 0 spiro atoms. The van der Waals surface area contributed by atoms with Gasteiger partial charge in [-0.05, 0) is 0 Å². The molecule has 2 rings (SSSR count). The number of pyridine rings is 1. The molecule has 18 heavy (non-hydrogen) atoms. The van der Waals surface area contributed by atoms with Gasteiger partial charge in [0.2, 0.25) is 0 Å². The maximum absolute atomic E-state index is 9.75. The SMILES string of the molecule is N#Cc1cncc(O[C@H]2SC[C@@H](O)[C@H](O)[C@H]2O)c1. The van der Waals surface area contributed by atoms with Crippen molar-refractivity contribution in [3.63, 3.8) is 0 Å². The Hall–Kier alpha value is -1.33. The third-order valence-corrected chi connectivity index (χ3v) is 3.79.